The second-order valence-electron chi connectivity index (χ2n) is 4.43. The van der Waals surface area contributed by atoms with E-state index in [4.69, 9.17) is 4.74 Å². The molecule has 0 amide bonds. The van der Waals surface area contributed by atoms with Gasteiger partial charge in [0.25, 0.3) is 0 Å². The summed E-state index contributed by atoms with van der Waals surface area (Å²) in [6, 6.07) is 5.90. The maximum absolute atomic E-state index is 5.91. The van der Waals surface area contributed by atoms with Gasteiger partial charge in [-0.15, -0.1) is 0 Å². The van der Waals surface area contributed by atoms with Gasteiger partial charge in [-0.2, -0.15) is 0 Å². The quantitative estimate of drug-likeness (QED) is 0.869. The normalized spacial score (nSPS) is 14.8. The van der Waals surface area contributed by atoms with E-state index in [2.05, 4.69) is 20.6 Å². The van der Waals surface area contributed by atoms with E-state index in [9.17, 15) is 0 Å². The van der Waals surface area contributed by atoms with Gasteiger partial charge in [0.05, 0.1) is 11.9 Å². The van der Waals surface area contributed by atoms with E-state index in [0.29, 0.717) is 5.88 Å². The first kappa shape index (κ1) is 11.9. The molecule has 0 spiro atoms. The Hall–Kier alpha value is -2.14. The van der Waals surface area contributed by atoms with E-state index in [0.717, 1.165) is 29.9 Å². The molecule has 3 rings (SSSR count). The molecular formula is C14H16N4O. The van der Waals surface area contributed by atoms with E-state index in [1.807, 2.05) is 25.2 Å². The highest BCUT2D eigenvalue weighted by atomic mass is 16.5. The van der Waals surface area contributed by atoms with E-state index in [1.54, 1.807) is 18.6 Å². The van der Waals surface area contributed by atoms with Crippen molar-refractivity contribution in [2.45, 2.75) is 6.10 Å². The Morgan fingerprint density at radius 3 is 2.89 bits per heavy atom. The monoisotopic (exact) mass is 256 g/mol. The predicted octanol–water partition coefficient (Wildman–Crippen LogP) is 1.54. The van der Waals surface area contributed by atoms with Crippen LogP contribution in [0, 0.1) is 0 Å². The highest BCUT2D eigenvalue weighted by Crippen LogP contribution is 2.33. The number of ether oxygens (including phenoxy) is 1. The number of aromatic nitrogens is 2. The van der Waals surface area contributed by atoms with Crippen LogP contribution in [0.25, 0.3) is 11.1 Å². The molecular weight excluding hydrogens is 240 g/mol. The molecule has 3 heterocycles. The molecule has 98 valence electrons. The van der Waals surface area contributed by atoms with Crippen molar-refractivity contribution in [2.75, 3.05) is 25.5 Å². The third-order valence-corrected chi connectivity index (χ3v) is 3.17. The Morgan fingerprint density at radius 1 is 1.26 bits per heavy atom. The van der Waals surface area contributed by atoms with Crippen LogP contribution < -0.4 is 15.4 Å². The summed E-state index contributed by atoms with van der Waals surface area (Å²) < 4.78 is 5.91. The van der Waals surface area contributed by atoms with Gasteiger partial charge in [-0.25, -0.2) is 4.98 Å². The van der Waals surface area contributed by atoms with Crippen molar-refractivity contribution in [1.82, 2.24) is 15.3 Å². The fourth-order valence-corrected chi connectivity index (χ4v) is 2.02. The van der Waals surface area contributed by atoms with Crippen LogP contribution in [-0.4, -0.2) is 36.2 Å². The minimum absolute atomic E-state index is 0.216. The number of hydrogen-bond acceptors (Lipinski definition) is 5. The van der Waals surface area contributed by atoms with Gasteiger partial charge < -0.3 is 15.4 Å². The summed E-state index contributed by atoms with van der Waals surface area (Å²) in [5.74, 6) is 0.678. The van der Waals surface area contributed by atoms with Crippen molar-refractivity contribution < 1.29 is 4.74 Å². The maximum atomic E-state index is 5.91. The van der Waals surface area contributed by atoms with E-state index in [-0.39, 0.29) is 6.10 Å². The Kier molecular flexibility index (Phi) is 3.29. The number of nitrogens with one attached hydrogen (secondary N) is 2. The highest BCUT2D eigenvalue weighted by molar-refractivity contribution is 5.79. The summed E-state index contributed by atoms with van der Waals surface area (Å²) in [5.41, 5.74) is 3.00. The second-order valence-corrected chi connectivity index (χ2v) is 4.43. The third-order valence-electron chi connectivity index (χ3n) is 3.17. The van der Waals surface area contributed by atoms with Crippen LogP contribution in [0.2, 0.25) is 0 Å². The summed E-state index contributed by atoms with van der Waals surface area (Å²) in [5, 5.41) is 6.33. The maximum Gasteiger partial charge on any atom is 0.221 e. The molecule has 5 heteroatoms. The van der Waals surface area contributed by atoms with Gasteiger partial charge in [0, 0.05) is 43.7 Å². The Labute approximate surface area is 112 Å². The molecule has 2 aromatic rings. The molecule has 1 aliphatic heterocycles. The third kappa shape index (κ3) is 2.37. The average molecular weight is 256 g/mol. The molecule has 2 N–H and O–H groups in total. The van der Waals surface area contributed by atoms with E-state index in [1.165, 1.54) is 0 Å². The number of pyridine rings is 2. The summed E-state index contributed by atoms with van der Waals surface area (Å²) in [7, 11) is 1.88. The molecule has 0 unspecified atom stereocenters. The molecule has 1 saturated heterocycles. The number of nitrogens with zero attached hydrogens (tertiary/aromatic N) is 2. The van der Waals surface area contributed by atoms with Gasteiger partial charge >= 0.3 is 0 Å². The van der Waals surface area contributed by atoms with Crippen molar-refractivity contribution >= 4 is 5.69 Å². The SMILES string of the molecule is CNc1cnccc1-c1cccnc1OC1CNC1. The molecule has 0 atom stereocenters. The summed E-state index contributed by atoms with van der Waals surface area (Å²) in [6.45, 7) is 1.76. The van der Waals surface area contributed by atoms with Crippen LogP contribution in [0.1, 0.15) is 0 Å². The molecule has 5 nitrogen and oxygen atoms in total. The van der Waals surface area contributed by atoms with Gasteiger partial charge in [0.15, 0.2) is 0 Å². The Bertz CT molecular complexity index is 569. The largest absolute Gasteiger partial charge is 0.471 e. The van der Waals surface area contributed by atoms with Gasteiger partial charge in [-0.1, -0.05) is 0 Å². The lowest BCUT2D eigenvalue weighted by molar-refractivity contribution is 0.137. The fraction of sp³-hybridized carbons (Fsp3) is 0.286. The predicted molar refractivity (Wildman–Crippen MR) is 74.3 cm³/mol. The van der Waals surface area contributed by atoms with Crippen LogP contribution in [0.5, 0.6) is 5.88 Å². The molecule has 0 saturated carbocycles. The lowest BCUT2D eigenvalue weighted by Gasteiger charge is -2.28. The molecule has 0 aromatic carbocycles. The van der Waals surface area contributed by atoms with Crippen LogP contribution >= 0.6 is 0 Å². The molecule has 19 heavy (non-hydrogen) atoms. The highest BCUT2D eigenvalue weighted by Gasteiger charge is 2.21. The number of rotatable bonds is 4. The second kappa shape index (κ2) is 5.24. The zero-order valence-corrected chi connectivity index (χ0v) is 10.8. The molecule has 0 aliphatic carbocycles. The lowest BCUT2D eigenvalue weighted by Crippen LogP contribution is -2.50. The summed E-state index contributed by atoms with van der Waals surface area (Å²) >= 11 is 0. The van der Waals surface area contributed by atoms with Crippen molar-refractivity contribution in [3.05, 3.63) is 36.8 Å². The topological polar surface area (TPSA) is 59.1 Å². The molecule has 0 bridgehead atoms. The zero-order chi connectivity index (χ0) is 13.1. The molecule has 1 fully saturated rings. The van der Waals surface area contributed by atoms with Crippen LogP contribution in [0.15, 0.2) is 36.8 Å². The first-order valence-corrected chi connectivity index (χ1v) is 6.33. The smallest absolute Gasteiger partial charge is 0.221 e. The molecule has 0 radical (unpaired) electrons. The average Bonchev–Trinajstić information content (AvgIpc) is 2.43. The summed E-state index contributed by atoms with van der Waals surface area (Å²) in [4.78, 5) is 8.48. The van der Waals surface area contributed by atoms with Crippen molar-refractivity contribution in [2.24, 2.45) is 0 Å². The Morgan fingerprint density at radius 2 is 2.16 bits per heavy atom. The molecule has 2 aromatic heterocycles. The lowest BCUT2D eigenvalue weighted by atomic mass is 10.1. The van der Waals surface area contributed by atoms with Crippen molar-refractivity contribution in [3.63, 3.8) is 0 Å². The van der Waals surface area contributed by atoms with Crippen molar-refractivity contribution in [3.8, 4) is 17.0 Å². The van der Waals surface area contributed by atoms with Gasteiger partial charge in [-0.3, -0.25) is 4.98 Å². The number of hydrogen-bond donors (Lipinski definition) is 2. The van der Waals surface area contributed by atoms with Crippen molar-refractivity contribution in [1.29, 1.82) is 0 Å². The first-order valence-electron chi connectivity index (χ1n) is 6.33. The number of anilines is 1. The van der Waals surface area contributed by atoms with Gasteiger partial charge in [0.1, 0.15) is 6.10 Å². The van der Waals surface area contributed by atoms with E-state index >= 15 is 0 Å². The van der Waals surface area contributed by atoms with Crippen LogP contribution in [0.4, 0.5) is 5.69 Å². The standard InChI is InChI=1S/C14H16N4O/c1-15-13-9-16-6-4-11(13)12-3-2-5-18-14(12)19-10-7-17-8-10/h2-6,9-10,15,17H,7-8H2,1H3. The van der Waals surface area contributed by atoms with Gasteiger partial charge in [0.2, 0.25) is 5.88 Å². The zero-order valence-electron chi connectivity index (χ0n) is 10.8. The fourth-order valence-electron chi connectivity index (χ4n) is 2.02. The molecule has 1 aliphatic rings. The van der Waals surface area contributed by atoms with Crippen LogP contribution in [-0.2, 0) is 0 Å². The van der Waals surface area contributed by atoms with Gasteiger partial charge in [-0.05, 0) is 18.2 Å². The first-order chi connectivity index (χ1) is 9.38. The Balaban J connectivity index is 1.98. The minimum Gasteiger partial charge on any atom is -0.471 e. The minimum atomic E-state index is 0.216. The van der Waals surface area contributed by atoms with Crippen LogP contribution in [0.3, 0.4) is 0 Å². The summed E-state index contributed by atoms with van der Waals surface area (Å²) in [6.07, 6.45) is 5.55. The van der Waals surface area contributed by atoms with E-state index < -0.39 is 0 Å².